The van der Waals surface area contributed by atoms with Gasteiger partial charge in [-0.2, -0.15) is 0 Å². The van der Waals surface area contributed by atoms with Gasteiger partial charge in [0.05, 0.1) is 19.1 Å². The Morgan fingerprint density at radius 2 is 1.74 bits per heavy atom. The Bertz CT molecular complexity index is 1470. The third-order valence-corrected chi connectivity index (χ3v) is 7.06. The van der Waals surface area contributed by atoms with Crippen molar-refractivity contribution in [2.45, 2.75) is 39.4 Å². The van der Waals surface area contributed by atoms with E-state index < -0.39 is 0 Å². The van der Waals surface area contributed by atoms with Gasteiger partial charge >= 0.3 is 5.97 Å². The van der Waals surface area contributed by atoms with Crippen LogP contribution in [0, 0.1) is 11.7 Å². The maximum absolute atomic E-state index is 13.6. The maximum Gasteiger partial charge on any atom is 0.310 e. The third-order valence-electron chi connectivity index (χ3n) is 7.06. The topological polar surface area (TPSA) is 85.1 Å². The third kappa shape index (κ3) is 7.82. The van der Waals surface area contributed by atoms with Gasteiger partial charge in [-0.3, -0.25) is 14.5 Å². The average Bonchev–Trinajstić information content (AvgIpc) is 3.47. The second-order valence-corrected chi connectivity index (χ2v) is 10.3. The number of likely N-dealkylation sites (tertiary alicyclic amines) is 1. The second-order valence-electron chi connectivity index (χ2n) is 10.3. The van der Waals surface area contributed by atoms with Crippen molar-refractivity contribution in [3.63, 3.8) is 0 Å². The smallest absolute Gasteiger partial charge is 0.310 e. The zero-order valence-corrected chi connectivity index (χ0v) is 23.6. The first-order valence-corrected chi connectivity index (χ1v) is 14.2. The summed E-state index contributed by atoms with van der Waals surface area (Å²) in [4.78, 5) is 33.7. The van der Waals surface area contributed by atoms with Crippen molar-refractivity contribution in [1.82, 2.24) is 14.8 Å². The van der Waals surface area contributed by atoms with Crippen LogP contribution >= 0.6 is 0 Å². The number of aromatic nitrogens is 1. The molecule has 0 saturated carbocycles. The second kappa shape index (κ2) is 13.9. The minimum atomic E-state index is -0.332. The van der Waals surface area contributed by atoms with E-state index in [1.165, 1.54) is 18.4 Å². The van der Waals surface area contributed by atoms with Crippen LogP contribution in [-0.2, 0) is 29.2 Å². The number of halogens is 1. The number of hydrogen-bond donors (Lipinski definition) is 0. The molecule has 1 unspecified atom stereocenters. The van der Waals surface area contributed by atoms with Crippen molar-refractivity contribution in [2.24, 2.45) is 5.92 Å². The molecule has 3 aromatic carbocycles. The number of hydrogen-bond acceptors (Lipinski definition) is 7. The van der Waals surface area contributed by atoms with E-state index in [4.69, 9.17) is 13.9 Å². The maximum atomic E-state index is 13.6. The molecular formula is C33H34FN3O5. The van der Waals surface area contributed by atoms with E-state index in [1.54, 1.807) is 24.0 Å². The quantitative estimate of drug-likeness (QED) is 0.198. The number of esters is 1. The van der Waals surface area contributed by atoms with Crippen molar-refractivity contribution in [3.05, 3.63) is 114 Å². The van der Waals surface area contributed by atoms with Crippen molar-refractivity contribution in [2.75, 3.05) is 19.7 Å². The summed E-state index contributed by atoms with van der Waals surface area (Å²) >= 11 is 0. The number of ether oxygens (including phenoxy) is 2. The Labute approximate surface area is 244 Å². The van der Waals surface area contributed by atoms with Gasteiger partial charge < -0.3 is 18.8 Å². The number of carbonyl (C=O) groups is 2. The molecule has 1 aliphatic rings. The number of benzene rings is 3. The monoisotopic (exact) mass is 571 g/mol. The number of oxazole rings is 1. The molecule has 218 valence electrons. The predicted octanol–water partition coefficient (Wildman–Crippen LogP) is 6.22. The minimum absolute atomic E-state index is 0.203. The lowest BCUT2D eigenvalue weighted by atomic mass is 9.98. The molecule has 0 spiro atoms. The van der Waals surface area contributed by atoms with Gasteiger partial charge in [-0.05, 0) is 67.3 Å². The van der Waals surface area contributed by atoms with Gasteiger partial charge in [0.15, 0.2) is 5.69 Å². The summed E-state index contributed by atoms with van der Waals surface area (Å²) in [7, 11) is 0. The highest BCUT2D eigenvalue weighted by molar-refractivity contribution is 5.92. The van der Waals surface area contributed by atoms with Crippen molar-refractivity contribution in [1.29, 1.82) is 0 Å². The number of carbonyl (C=O) groups excluding carboxylic acids is 2. The minimum Gasteiger partial charge on any atom is -0.466 e. The molecule has 42 heavy (non-hydrogen) atoms. The molecule has 1 saturated heterocycles. The molecule has 1 aromatic heterocycles. The highest BCUT2D eigenvalue weighted by Crippen LogP contribution is 2.24. The zero-order chi connectivity index (χ0) is 29.3. The van der Waals surface area contributed by atoms with Crippen LogP contribution in [-0.4, -0.2) is 46.4 Å². The summed E-state index contributed by atoms with van der Waals surface area (Å²) < 4.78 is 30.5. The normalized spacial score (nSPS) is 15.0. The number of piperidine rings is 1. The van der Waals surface area contributed by atoms with Gasteiger partial charge in [0.1, 0.15) is 23.6 Å². The lowest BCUT2D eigenvalue weighted by molar-refractivity contribution is -0.149. The number of amides is 1. The van der Waals surface area contributed by atoms with Gasteiger partial charge in [0, 0.05) is 26.2 Å². The SMILES string of the molecule is CCOC(=O)C1CCCN(C(=O)c2coc(CN(Cc3ccc(F)cc3)Cc3cccc(Oc4ccccc4)c3)n2)C1. The zero-order valence-electron chi connectivity index (χ0n) is 23.6. The Morgan fingerprint density at radius 3 is 2.52 bits per heavy atom. The summed E-state index contributed by atoms with van der Waals surface area (Å²) in [6, 6.07) is 23.8. The van der Waals surface area contributed by atoms with Crippen LogP contribution in [0.5, 0.6) is 11.5 Å². The molecule has 9 heteroatoms. The molecule has 1 fully saturated rings. The lowest BCUT2D eigenvalue weighted by Gasteiger charge is -2.30. The number of para-hydroxylation sites is 1. The molecular weight excluding hydrogens is 537 g/mol. The van der Waals surface area contributed by atoms with Crippen LogP contribution < -0.4 is 4.74 Å². The van der Waals surface area contributed by atoms with Crippen LogP contribution in [0.3, 0.4) is 0 Å². The molecule has 0 bridgehead atoms. The van der Waals surface area contributed by atoms with E-state index in [-0.39, 0.29) is 29.3 Å². The standard InChI is InChI=1S/C33H34FN3O5/c1-2-40-33(39)26-9-7-17-37(21-26)32(38)30-23-41-31(35-30)22-36(19-24-13-15-27(34)16-14-24)20-25-8-6-12-29(18-25)42-28-10-4-3-5-11-28/h3-6,8,10-16,18,23,26H,2,7,9,17,19-22H2,1H3. The highest BCUT2D eigenvalue weighted by Gasteiger charge is 2.31. The van der Waals surface area contributed by atoms with Crippen LogP contribution in [0.15, 0.2) is 89.5 Å². The van der Waals surface area contributed by atoms with E-state index in [1.807, 2.05) is 54.6 Å². The van der Waals surface area contributed by atoms with Gasteiger partial charge in [0.25, 0.3) is 5.91 Å². The summed E-state index contributed by atoms with van der Waals surface area (Å²) in [5, 5.41) is 0. The van der Waals surface area contributed by atoms with Crippen LogP contribution in [0.1, 0.15) is 47.3 Å². The van der Waals surface area contributed by atoms with E-state index in [9.17, 15) is 14.0 Å². The molecule has 0 aliphatic carbocycles. The van der Waals surface area contributed by atoms with E-state index >= 15 is 0 Å². The Morgan fingerprint density at radius 1 is 0.976 bits per heavy atom. The van der Waals surface area contributed by atoms with Gasteiger partial charge in [0.2, 0.25) is 5.89 Å². The Kier molecular flexibility index (Phi) is 9.61. The van der Waals surface area contributed by atoms with Crippen LogP contribution in [0.4, 0.5) is 4.39 Å². The summed E-state index contributed by atoms with van der Waals surface area (Å²) in [6.45, 7) is 4.29. The average molecular weight is 572 g/mol. The largest absolute Gasteiger partial charge is 0.466 e. The number of nitrogens with zero attached hydrogens (tertiary/aromatic N) is 3. The molecule has 4 aromatic rings. The lowest BCUT2D eigenvalue weighted by Crippen LogP contribution is -2.43. The molecule has 8 nitrogen and oxygen atoms in total. The van der Waals surface area contributed by atoms with E-state index in [2.05, 4.69) is 9.88 Å². The number of rotatable bonds is 11. The van der Waals surface area contributed by atoms with Crippen molar-refractivity contribution < 1.29 is 27.9 Å². The first-order chi connectivity index (χ1) is 20.5. The summed E-state index contributed by atoms with van der Waals surface area (Å²) in [5.41, 5.74) is 2.13. The molecule has 2 heterocycles. The molecule has 1 atom stereocenters. The molecule has 0 N–H and O–H groups in total. The fraction of sp³-hybridized carbons (Fsp3) is 0.303. The highest BCUT2D eigenvalue weighted by atomic mass is 19.1. The van der Waals surface area contributed by atoms with Crippen LogP contribution in [0.2, 0.25) is 0 Å². The van der Waals surface area contributed by atoms with E-state index in [0.717, 1.165) is 23.3 Å². The van der Waals surface area contributed by atoms with Crippen LogP contribution in [0.25, 0.3) is 0 Å². The molecule has 5 rings (SSSR count). The first-order valence-electron chi connectivity index (χ1n) is 14.2. The van der Waals surface area contributed by atoms with Gasteiger partial charge in [-0.25, -0.2) is 9.37 Å². The Hall–Kier alpha value is -4.50. The molecule has 1 aliphatic heterocycles. The van der Waals surface area contributed by atoms with Crippen molar-refractivity contribution >= 4 is 11.9 Å². The Balaban J connectivity index is 1.29. The van der Waals surface area contributed by atoms with Crippen molar-refractivity contribution in [3.8, 4) is 11.5 Å². The predicted molar refractivity (Wildman–Crippen MR) is 154 cm³/mol. The summed E-state index contributed by atoms with van der Waals surface area (Å²) in [5.74, 6) is 0.678. The fourth-order valence-electron chi connectivity index (χ4n) is 5.05. The summed E-state index contributed by atoms with van der Waals surface area (Å²) in [6.07, 6.45) is 2.79. The van der Waals surface area contributed by atoms with E-state index in [0.29, 0.717) is 57.4 Å². The molecule has 1 amide bonds. The fourth-order valence-corrected chi connectivity index (χ4v) is 5.05. The van der Waals surface area contributed by atoms with Gasteiger partial charge in [-0.15, -0.1) is 0 Å². The molecule has 0 radical (unpaired) electrons. The first kappa shape index (κ1) is 29.0. The van der Waals surface area contributed by atoms with Gasteiger partial charge in [-0.1, -0.05) is 42.5 Å².